The van der Waals surface area contributed by atoms with Gasteiger partial charge in [0.25, 0.3) is 0 Å². The maximum atomic E-state index is 13.4. The van der Waals surface area contributed by atoms with Crippen LogP contribution in [0.2, 0.25) is 0 Å². The number of carbonyl (C=O) groups is 3. The second kappa shape index (κ2) is 6.08. The molecule has 5 nitrogen and oxygen atoms in total. The lowest BCUT2D eigenvalue weighted by Crippen LogP contribution is -2.10. The van der Waals surface area contributed by atoms with E-state index < -0.39 is 17.6 Å². The Morgan fingerprint density at radius 1 is 1.12 bits per heavy atom. The van der Waals surface area contributed by atoms with Gasteiger partial charge in [0, 0.05) is 11.1 Å². The summed E-state index contributed by atoms with van der Waals surface area (Å²) < 4.78 is 13.4. The van der Waals surface area contributed by atoms with Gasteiger partial charge >= 0.3 is 5.97 Å². The van der Waals surface area contributed by atoms with Gasteiger partial charge < -0.3 is 10.4 Å². The first-order valence-electron chi connectivity index (χ1n) is 7.12. The van der Waals surface area contributed by atoms with Crippen LogP contribution in [0.25, 0.3) is 6.08 Å². The van der Waals surface area contributed by atoms with Crippen LogP contribution in [0.5, 0.6) is 0 Å². The standard InChI is InChI=1S/C18H12FNO4/c19-13-5-6-15-14(9-13)17(22)12(8-16(21)20-15)7-10-1-3-11(4-2-10)18(23)24/h1-7,9H,8H2,(H,20,21)(H,23,24). The van der Waals surface area contributed by atoms with E-state index >= 15 is 0 Å². The third kappa shape index (κ3) is 3.08. The molecule has 1 aliphatic rings. The third-order valence-corrected chi connectivity index (χ3v) is 3.64. The van der Waals surface area contributed by atoms with E-state index in [0.717, 1.165) is 6.07 Å². The molecule has 0 atom stereocenters. The Labute approximate surface area is 136 Å². The van der Waals surface area contributed by atoms with Crippen molar-refractivity contribution in [3.63, 3.8) is 0 Å². The largest absolute Gasteiger partial charge is 0.478 e. The van der Waals surface area contributed by atoms with Crippen molar-refractivity contribution in [2.75, 3.05) is 5.32 Å². The maximum absolute atomic E-state index is 13.4. The number of carbonyl (C=O) groups excluding carboxylic acids is 2. The van der Waals surface area contributed by atoms with Crippen molar-refractivity contribution in [2.24, 2.45) is 0 Å². The van der Waals surface area contributed by atoms with Crippen molar-refractivity contribution in [3.05, 3.63) is 70.5 Å². The number of amides is 1. The Bertz CT molecular complexity index is 884. The van der Waals surface area contributed by atoms with Crippen LogP contribution < -0.4 is 5.32 Å². The van der Waals surface area contributed by atoms with E-state index in [0.29, 0.717) is 5.56 Å². The topological polar surface area (TPSA) is 83.5 Å². The van der Waals surface area contributed by atoms with E-state index in [1.807, 2.05) is 0 Å². The molecule has 120 valence electrons. The van der Waals surface area contributed by atoms with Gasteiger partial charge in [0.1, 0.15) is 5.82 Å². The Morgan fingerprint density at radius 2 is 1.83 bits per heavy atom. The summed E-state index contributed by atoms with van der Waals surface area (Å²) >= 11 is 0. The molecule has 2 aromatic carbocycles. The number of carboxylic acid groups (broad SMARTS) is 1. The maximum Gasteiger partial charge on any atom is 0.335 e. The van der Waals surface area contributed by atoms with Crippen molar-refractivity contribution < 1.29 is 23.9 Å². The van der Waals surface area contributed by atoms with Gasteiger partial charge in [-0.1, -0.05) is 12.1 Å². The molecule has 0 spiro atoms. The van der Waals surface area contributed by atoms with Crippen molar-refractivity contribution in [1.82, 2.24) is 0 Å². The molecule has 1 aliphatic heterocycles. The number of hydrogen-bond acceptors (Lipinski definition) is 3. The fourth-order valence-electron chi connectivity index (χ4n) is 2.47. The Balaban J connectivity index is 2.01. The molecule has 0 saturated carbocycles. The van der Waals surface area contributed by atoms with Crippen LogP contribution in [0.3, 0.4) is 0 Å². The van der Waals surface area contributed by atoms with E-state index in [1.165, 1.54) is 30.3 Å². The van der Waals surface area contributed by atoms with E-state index in [4.69, 9.17) is 5.11 Å². The van der Waals surface area contributed by atoms with E-state index in [-0.39, 0.29) is 34.7 Å². The summed E-state index contributed by atoms with van der Waals surface area (Å²) in [6.07, 6.45) is 1.36. The summed E-state index contributed by atoms with van der Waals surface area (Å²) in [7, 11) is 0. The molecular formula is C18H12FNO4. The number of Topliss-reactive ketones (excluding diaryl/α,β-unsaturated/α-hetero) is 1. The second-order valence-corrected chi connectivity index (χ2v) is 5.34. The molecule has 0 radical (unpaired) electrons. The van der Waals surface area contributed by atoms with Gasteiger partial charge in [-0.15, -0.1) is 0 Å². The predicted molar refractivity (Wildman–Crippen MR) is 85.4 cm³/mol. The summed E-state index contributed by atoms with van der Waals surface area (Å²) in [6, 6.07) is 9.51. The van der Waals surface area contributed by atoms with Gasteiger partial charge in [-0.25, -0.2) is 9.18 Å². The molecule has 0 bridgehead atoms. The normalized spacial score (nSPS) is 15.6. The van der Waals surface area contributed by atoms with Gasteiger partial charge in [-0.2, -0.15) is 0 Å². The summed E-state index contributed by atoms with van der Waals surface area (Å²) in [5.41, 5.74) is 1.27. The molecule has 0 fully saturated rings. The molecule has 3 rings (SSSR count). The highest BCUT2D eigenvalue weighted by Crippen LogP contribution is 2.27. The molecule has 2 aromatic rings. The number of rotatable bonds is 2. The lowest BCUT2D eigenvalue weighted by atomic mass is 9.98. The van der Waals surface area contributed by atoms with E-state index in [1.54, 1.807) is 12.1 Å². The molecule has 0 saturated heterocycles. The van der Waals surface area contributed by atoms with Gasteiger partial charge in [0.2, 0.25) is 5.91 Å². The number of benzene rings is 2. The van der Waals surface area contributed by atoms with E-state index in [2.05, 4.69) is 5.32 Å². The van der Waals surface area contributed by atoms with Crippen molar-refractivity contribution in [2.45, 2.75) is 6.42 Å². The number of anilines is 1. The minimum atomic E-state index is -1.05. The predicted octanol–water partition coefficient (Wildman–Crippen LogP) is 3.13. The SMILES string of the molecule is O=C1CC(=Cc2ccc(C(=O)O)cc2)C(=O)c2cc(F)ccc2N1. The fourth-order valence-corrected chi connectivity index (χ4v) is 2.47. The van der Waals surface area contributed by atoms with Crippen molar-refractivity contribution in [1.29, 1.82) is 0 Å². The fraction of sp³-hybridized carbons (Fsp3) is 0.0556. The number of aromatic carboxylic acids is 1. The van der Waals surface area contributed by atoms with Gasteiger partial charge in [0.05, 0.1) is 17.7 Å². The molecule has 1 heterocycles. The zero-order valence-corrected chi connectivity index (χ0v) is 12.4. The zero-order chi connectivity index (χ0) is 17.3. The van der Waals surface area contributed by atoms with Gasteiger partial charge in [0.15, 0.2) is 5.78 Å². The lowest BCUT2D eigenvalue weighted by Gasteiger charge is -2.05. The van der Waals surface area contributed by atoms with Crippen molar-refractivity contribution >= 4 is 29.4 Å². The number of nitrogens with one attached hydrogen (secondary N) is 1. The molecule has 24 heavy (non-hydrogen) atoms. The number of ketones is 1. The third-order valence-electron chi connectivity index (χ3n) is 3.64. The number of fused-ring (bicyclic) bond motifs is 1. The number of halogens is 1. The van der Waals surface area contributed by atoms with Crippen LogP contribution in [-0.2, 0) is 4.79 Å². The average Bonchev–Trinajstić information content (AvgIpc) is 2.66. The first-order valence-corrected chi connectivity index (χ1v) is 7.12. The number of hydrogen-bond donors (Lipinski definition) is 2. The molecule has 1 amide bonds. The van der Waals surface area contributed by atoms with Crippen LogP contribution >= 0.6 is 0 Å². The average molecular weight is 325 g/mol. The minimum Gasteiger partial charge on any atom is -0.478 e. The smallest absolute Gasteiger partial charge is 0.335 e. The summed E-state index contributed by atoms with van der Waals surface area (Å²) in [5.74, 6) is -2.43. The monoisotopic (exact) mass is 325 g/mol. The zero-order valence-electron chi connectivity index (χ0n) is 12.4. The van der Waals surface area contributed by atoms with Crippen molar-refractivity contribution in [3.8, 4) is 0 Å². The molecule has 2 N–H and O–H groups in total. The highest BCUT2D eigenvalue weighted by atomic mass is 19.1. The quantitative estimate of drug-likeness (QED) is 0.831. The Hall–Kier alpha value is -3.28. The summed E-state index contributed by atoms with van der Waals surface area (Å²) in [6.45, 7) is 0. The van der Waals surface area contributed by atoms with Crippen LogP contribution in [-0.4, -0.2) is 22.8 Å². The van der Waals surface area contributed by atoms with E-state index in [9.17, 15) is 18.8 Å². The van der Waals surface area contributed by atoms with Crippen LogP contribution in [0.1, 0.15) is 32.7 Å². The first kappa shape index (κ1) is 15.6. The molecule has 0 aliphatic carbocycles. The molecular weight excluding hydrogens is 313 g/mol. The highest BCUT2D eigenvalue weighted by Gasteiger charge is 2.24. The highest BCUT2D eigenvalue weighted by molar-refractivity contribution is 6.20. The molecule has 0 unspecified atom stereocenters. The summed E-state index contributed by atoms with van der Waals surface area (Å²) in [4.78, 5) is 35.4. The van der Waals surface area contributed by atoms with Crippen LogP contribution in [0, 0.1) is 5.82 Å². The minimum absolute atomic E-state index is 0.0919. The first-order chi connectivity index (χ1) is 11.4. The Morgan fingerprint density at radius 3 is 2.50 bits per heavy atom. The molecule has 6 heteroatoms. The van der Waals surface area contributed by atoms with Crippen LogP contribution in [0.15, 0.2) is 48.0 Å². The van der Waals surface area contributed by atoms with Gasteiger partial charge in [-0.3, -0.25) is 9.59 Å². The second-order valence-electron chi connectivity index (χ2n) is 5.34. The lowest BCUT2D eigenvalue weighted by molar-refractivity contribution is -0.115. The number of carboxylic acids is 1. The van der Waals surface area contributed by atoms with Crippen LogP contribution in [0.4, 0.5) is 10.1 Å². The summed E-state index contributed by atoms with van der Waals surface area (Å²) in [5, 5.41) is 11.5. The Kier molecular flexibility index (Phi) is 3.95. The van der Waals surface area contributed by atoms with Gasteiger partial charge in [-0.05, 0) is 42.0 Å². The molecule has 0 aromatic heterocycles.